The summed E-state index contributed by atoms with van der Waals surface area (Å²) in [5, 5.41) is 9.17. The summed E-state index contributed by atoms with van der Waals surface area (Å²) in [6.07, 6.45) is 2.00. The first-order valence-electron chi connectivity index (χ1n) is 6.23. The molecule has 1 aromatic carbocycles. The van der Waals surface area contributed by atoms with Crippen molar-refractivity contribution in [2.75, 3.05) is 6.61 Å². The van der Waals surface area contributed by atoms with E-state index in [1.807, 2.05) is 12.1 Å². The molecule has 0 aliphatic heterocycles. The molecule has 0 fully saturated rings. The van der Waals surface area contributed by atoms with Crippen LogP contribution in [0.5, 0.6) is 5.75 Å². The second kappa shape index (κ2) is 7.30. The van der Waals surface area contributed by atoms with E-state index in [2.05, 4.69) is 26.3 Å². The predicted octanol–water partition coefficient (Wildman–Crippen LogP) is 2.89. The highest BCUT2D eigenvalue weighted by Gasteiger charge is 2.03. The molecule has 0 aliphatic rings. The van der Waals surface area contributed by atoms with Crippen LogP contribution in [-0.2, 0) is 11.3 Å². The molecule has 0 aromatic heterocycles. The quantitative estimate of drug-likeness (QED) is 0.716. The van der Waals surface area contributed by atoms with Gasteiger partial charge in [-0.3, -0.25) is 0 Å². The summed E-state index contributed by atoms with van der Waals surface area (Å²) >= 11 is 0. The summed E-state index contributed by atoms with van der Waals surface area (Å²) in [6, 6.07) is 7.70. The van der Waals surface area contributed by atoms with Gasteiger partial charge < -0.3 is 9.94 Å². The third-order valence-electron chi connectivity index (χ3n) is 2.50. The molecular weight excluding hydrogens is 214 g/mol. The predicted molar refractivity (Wildman–Crippen MR) is 69.8 cm³/mol. The lowest BCUT2D eigenvalue weighted by molar-refractivity contribution is 0.00308. The molecule has 1 atom stereocenters. The first-order chi connectivity index (χ1) is 8.08. The van der Waals surface area contributed by atoms with Crippen LogP contribution in [0.15, 0.2) is 24.3 Å². The number of hydrogen-bond acceptors (Lipinski definition) is 3. The monoisotopic (exact) mass is 237 g/mol. The first kappa shape index (κ1) is 14.0. The largest absolute Gasteiger partial charge is 0.508 e. The molecule has 0 saturated carbocycles. The molecule has 0 heterocycles. The van der Waals surface area contributed by atoms with Crippen molar-refractivity contribution >= 4 is 0 Å². The number of hydroxylamine groups is 1. The Bertz CT molecular complexity index is 309. The zero-order valence-corrected chi connectivity index (χ0v) is 10.9. The smallest absolute Gasteiger partial charge is 0.115 e. The van der Waals surface area contributed by atoms with Crippen LogP contribution in [0.1, 0.15) is 32.8 Å². The normalized spacial score (nSPS) is 12.9. The van der Waals surface area contributed by atoms with E-state index in [0.29, 0.717) is 17.7 Å². The molecule has 17 heavy (non-hydrogen) atoms. The molecule has 1 rings (SSSR count). The van der Waals surface area contributed by atoms with Gasteiger partial charge in [0, 0.05) is 6.04 Å². The van der Waals surface area contributed by atoms with Gasteiger partial charge in [-0.05, 0) is 43.4 Å². The maximum absolute atomic E-state index is 9.17. The van der Waals surface area contributed by atoms with E-state index in [1.54, 1.807) is 12.1 Å². The van der Waals surface area contributed by atoms with Crippen LogP contribution >= 0.6 is 0 Å². The molecule has 1 unspecified atom stereocenters. The molecule has 0 radical (unpaired) electrons. The van der Waals surface area contributed by atoms with Crippen molar-refractivity contribution in [2.24, 2.45) is 5.92 Å². The molecule has 0 amide bonds. The number of phenols is 1. The zero-order chi connectivity index (χ0) is 12.7. The minimum absolute atomic E-state index is 0.320. The lowest BCUT2D eigenvalue weighted by Gasteiger charge is -2.14. The first-order valence-corrected chi connectivity index (χ1v) is 6.23. The fourth-order valence-electron chi connectivity index (χ4n) is 1.46. The fourth-order valence-corrected chi connectivity index (χ4v) is 1.46. The minimum Gasteiger partial charge on any atom is -0.508 e. The van der Waals surface area contributed by atoms with Gasteiger partial charge in [-0.1, -0.05) is 26.0 Å². The van der Waals surface area contributed by atoms with Crippen molar-refractivity contribution in [3.8, 4) is 5.75 Å². The summed E-state index contributed by atoms with van der Waals surface area (Å²) in [5.74, 6) is 0.868. The highest BCUT2D eigenvalue weighted by molar-refractivity contribution is 5.25. The van der Waals surface area contributed by atoms with Gasteiger partial charge in [0.2, 0.25) is 0 Å². The number of rotatable bonds is 7. The number of aryl methyl sites for hydroxylation is 1. The van der Waals surface area contributed by atoms with Crippen LogP contribution in [0.4, 0.5) is 0 Å². The Kier molecular flexibility index (Phi) is 6.01. The van der Waals surface area contributed by atoms with Crippen molar-refractivity contribution in [1.82, 2.24) is 5.48 Å². The molecule has 0 spiro atoms. The highest BCUT2D eigenvalue weighted by atomic mass is 16.6. The maximum Gasteiger partial charge on any atom is 0.115 e. The average molecular weight is 237 g/mol. The SMILES string of the molecule is CC(C)CONC(C)CCc1ccc(O)cc1. The topological polar surface area (TPSA) is 41.5 Å². The third-order valence-corrected chi connectivity index (χ3v) is 2.50. The molecule has 2 N–H and O–H groups in total. The summed E-state index contributed by atoms with van der Waals surface area (Å²) < 4.78 is 0. The second-order valence-corrected chi connectivity index (χ2v) is 4.93. The highest BCUT2D eigenvalue weighted by Crippen LogP contribution is 2.11. The van der Waals surface area contributed by atoms with Crippen LogP contribution in [-0.4, -0.2) is 17.8 Å². The summed E-state index contributed by atoms with van der Waals surface area (Å²) in [4.78, 5) is 5.37. The summed E-state index contributed by atoms with van der Waals surface area (Å²) in [6.45, 7) is 7.11. The lowest BCUT2D eigenvalue weighted by Crippen LogP contribution is -2.28. The fraction of sp³-hybridized carbons (Fsp3) is 0.571. The van der Waals surface area contributed by atoms with Crippen molar-refractivity contribution in [3.05, 3.63) is 29.8 Å². The van der Waals surface area contributed by atoms with Crippen molar-refractivity contribution in [1.29, 1.82) is 0 Å². The molecular formula is C14H23NO2. The summed E-state index contributed by atoms with van der Waals surface area (Å²) in [5.41, 5.74) is 4.28. The Hall–Kier alpha value is -1.06. The van der Waals surface area contributed by atoms with Gasteiger partial charge in [0.15, 0.2) is 0 Å². The number of nitrogens with one attached hydrogen (secondary N) is 1. The minimum atomic E-state index is 0.320. The van der Waals surface area contributed by atoms with Crippen molar-refractivity contribution in [3.63, 3.8) is 0 Å². The second-order valence-electron chi connectivity index (χ2n) is 4.93. The molecule has 3 nitrogen and oxygen atoms in total. The Balaban J connectivity index is 2.19. The lowest BCUT2D eigenvalue weighted by atomic mass is 10.1. The van der Waals surface area contributed by atoms with Crippen LogP contribution < -0.4 is 5.48 Å². The van der Waals surface area contributed by atoms with Gasteiger partial charge in [-0.2, -0.15) is 5.48 Å². The van der Waals surface area contributed by atoms with Crippen molar-refractivity contribution in [2.45, 2.75) is 39.7 Å². The molecule has 3 heteroatoms. The third kappa shape index (κ3) is 6.29. The molecule has 0 aliphatic carbocycles. The Morgan fingerprint density at radius 3 is 2.41 bits per heavy atom. The molecule has 0 saturated heterocycles. The van der Waals surface area contributed by atoms with Crippen molar-refractivity contribution < 1.29 is 9.94 Å². The van der Waals surface area contributed by atoms with E-state index < -0.39 is 0 Å². The summed E-state index contributed by atoms with van der Waals surface area (Å²) in [7, 11) is 0. The van der Waals surface area contributed by atoms with Gasteiger partial charge in [0.05, 0.1) is 6.61 Å². The standard InChI is InChI=1S/C14H23NO2/c1-11(2)10-17-15-12(3)4-5-13-6-8-14(16)9-7-13/h6-9,11-12,15-16H,4-5,10H2,1-3H3. The van der Waals surface area contributed by atoms with E-state index in [9.17, 15) is 0 Å². The van der Waals surface area contributed by atoms with Crippen LogP contribution in [0.2, 0.25) is 0 Å². The number of phenolic OH excluding ortho intramolecular Hbond substituents is 1. The van der Waals surface area contributed by atoms with E-state index in [4.69, 9.17) is 9.94 Å². The number of benzene rings is 1. The van der Waals surface area contributed by atoms with Crippen LogP contribution in [0.25, 0.3) is 0 Å². The number of hydrogen-bond donors (Lipinski definition) is 2. The van der Waals surface area contributed by atoms with Gasteiger partial charge >= 0.3 is 0 Å². The van der Waals surface area contributed by atoms with Gasteiger partial charge in [0.25, 0.3) is 0 Å². The Labute approximate surface area is 104 Å². The van der Waals surface area contributed by atoms with E-state index >= 15 is 0 Å². The molecule has 1 aromatic rings. The number of aromatic hydroxyl groups is 1. The van der Waals surface area contributed by atoms with E-state index in [1.165, 1.54) is 5.56 Å². The van der Waals surface area contributed by atoms with E-state index in [-0.39, 0.29) is 0 Å². The molecule has 0 bridgehead atoms. The molecule has 96 valence electrons. The Morgan fingerprint density at radius 2 is 1.82 bits per heavy atom. The van der Waals surface area contributed by atoms with Gasteiger partial charge in [-0.25, -0.2) is 0 Å². The zero-order valence-electron chi connectivity index (χ0n) is 10.9. The maximum atomic E-state index is 9.17. The van der Waals surface area contributed by atoms with Crippen LogP contribution in [0.3, 0.4) is 0 Å². The van der Waals surface area contributed by atoms with E-state index in [0.717, 1.165) is 19.4 Å². The van der Waals surface area contributed by atoms with Gasteiger partial charge in [0.1, 0.15) is 5.75 Å². The average Bonchev–Trinajstić information content (AvgIpc) is 2.28. The van der Waals surface area contributed by atoms with Crippen LogP contribution in [0, 0.1) is 5.92 Å². The Morgan fingerprint density at radius 1 is 1.18 bits per heavy atom. The van der Waals surface area contributed by atoms with Gasteiger partial charge in [-0.15, -0.1) is 0 Å².